The van der Waals surface area contributed by atoms with Crippen molar-refractivity contribution < 1.29 is 14.7 Å². The van der Waals surface area contributed by atoms with Gasteiger partial charge >= 0.3 is 5.97 Å². The molecule has 0 spiro atoms. The second kappa shape index (κ2) is 9.10. The minimum absolute atomic E-state index is 0.105. The highest BCUT2D eigenvalue weighted by Gasteiger charge is 2.31. The number of hydrogen-bond acceptors (Lipinski definition) is 4. The number of nitrogens with one attached hydrogen (secondary N) is 1. The quantitative estimate of drug-likeness (QED) is 0.623. The number of piperidine rings is 1. The lowest BCUT2D eigenvalue weighted by Crippen LogP contribution is -2.50. The van der Waals surface area contributed by atoms with E-state index < -0.39 is 17.9 Å². The third-order valence-electron chi connectivity index (χ3n) is 6.75. The maximum absolute atomic E-state index is 13.1. The number of rotatable bonds is 5. The molecule has 0 bridgehead atoms. The van der Waals surface area contributed by atoms with E-state index in [9.17, 15) is 19.5 Å². The summed E-state index contributed by atoms with van der Waals surface area (Å²) in [5.41, 5.74) is 3.70. The molecule has 7 heteroatoms. The third kappa shape index (κ3) is 4.35. The Morgan fingerprint density at radius 3 is 2.64 bits per heavy atom. The van der Waals surface area contributed by atoms with Crippen molar-refractivity contribution in [3.8, 4) is 11.1 Å². The summed E-state index contributed by atoms with van der Waals surface area (Å²) in [5, 5.41) is 10.7. The molecule has 0 aliphatic carbocycles. The number of likely N-dealkylation sites (N-methyl/N-ethyl adjacent to an activating group) is 1. The van der Waals surface area contributed by atoms with Crippen molar-refractivity contribution in [1.29, 1.82) is 0 Å². The number of nitrogens with zero attached hydrogens (tertiary/aromatic N) is 2. The number of carboxylic acid groups (broad SMARTS) is 1. The van der Waals surface area contributed by atoms with E-state index in [1.165, 1.54) is 0 Å². The van der Waals surface area contributed by atoms with Gasteiger partial charge in [-0.1, -0.05) is 30.3 Å². The first kappa shape index (κ1) is 22.6. The van der Waals surface area contributed by atoms with Crippen LogP contribution in [0.2, 0.25) is 0 Å². The molecule has 1 aliphatic heterocycles. The van der Waals surface area contributed by atoms with Gasteiger partial charge < -0.3 is 19.9 Å². The monoisotopic (exact) mass is 447 g/mol. The second-order valence-corrected chi connectivity index (χ2v) is 8.82. The van der Waals surface area contributed by atoms with E-state index in [1.54, 1.807) is 11.1 Å². The second-order valence-electron chi connectivity index (χ2n) is 8.82. The lowest BCUT2D eigenvalue weighted by molar-refractivity contribution is -0.145. The largest absolute Gasteiger partial charge is 0.481 e. The first-order valence-corrected chi connectivity index (χ1v) is 11.2. The zero-order valence-corrected chi connectivity index (χ0v) is 19.2. The van der Waals surface area contributed by atoms with Gasteiger partial charge in [-0.15, -0.1) is 0 Å². The summed E-state index contributed by atoms with van der Waals surface area (Å²) in [6, 6.07) is 13.2. The van der Waals surface area contributed by atoms with Gasteiger partial charge in [-0.3, -0.25) is 14.4 Å². The molecule has 33 heavy (non-hydrogen) atoms. The lowest BCUT2D eigenvalue weighted by atomic mass is 9.96. The number of carboxylic acids is 1. The van der Waals surface area contributed by atoms with Crippen molar-refractivity contribution >= 4 is 28.3 Å². The predicted molar refractivity (Wildman–Crippen MR) is 130 cm³/mol. The Morgan fingerprint density at radius 1 is 1.15 bits per heavy atom. The number of aryl methyl sites for hydroxylation is 1. The molecule has 0 saturated carbocycles. The number of H-pyrrole nitrogens is 1. The van der Waals surface area contributed by atoms with Crippen LogP contribution < -0.4 is 10.5 Å². The van der Waals surface area contributed by atoms with Crippen LogP contribution in [0.1, 0.15) is 25.3 Å². The van der Waals surface area contributed by atoms with Gasteiger partial charge in [0.1, 0.15) is 6.04 Å². The van der Waals surface area contributed by atoms with E-state index in [0.29, 0.717) is 24.8 Å². The summed E-state index contributed by atoms with van der Waals surface area (Å²) in [6.07, 6.45) is 3.03. The van der Waals surface area contributed by atoms with Crippen LogP contribution in [0.4, 0.5) is 5.69 Å². The molecule has 2 atom stereocenters. The molecular weight excluding hydrogens is 418 g/mol. The highest BCUT2D eigenvalue weighted by molar-refractivity contribution is 5.98. The summed E-state index contributed by atoms with van der Waals surface area (Å²) >= 11 is 0. The predicted octanol–water partition coefficient (Wildman–Crippen LogP) is 3.65. The lowest BCUT2D eigenvalue weighted by Gasteiger charge is -2.35. The molecule has 2 N–H and O–H groups in total. The number of pyridine rings is 1. The number of likely N-dealkylation sites (tertiary alicyclic amines) is 1. The molecular formula is C26H29N3O4. The fraction of sp³-hybridized carbons (Fsp3) is 0.346. The van der Waals surface area contributed by atoms with E-state index in [0.717, 1.165) is 27.8 Å². The number of hydrogen-bond donors (Lipinski definition) is 2. The van der Waals surface area contributed by atoms with Gasteiger partial charge in [0, 0.05) is 43.0 Å². The number of aromatic nitrogens is 1. The zero-order chi connectivity index (χ0) is 23.7. The van der Waals surface area contributed by atoms with Gasteiger partial charge in [0.25, 0.3) is 5.56 Å². The fourth-order valence-corrected chi connectivity index (χ4v) is 4.60. The van der Waals surface area contributed by atoms with Crippen molar-refractivity contribution in [2.24, 2.45) is 5.92 Å². The van der Waals surface area contributed by atoms with Crippen molar-refractivity contribution in [2.45, 2.75) is 32.7 Å². The topological polar surface area (TPSA) is 93.7 Å². The Hall–Kier alpha value is -3.61. The number of carbonyl (C=O) groups excluding carboxylic acids is 1. The Morgan fingerprint density at radius 2 is 1.91 bits per heavy atom. The molecule has 1 aliphatic rings. The van der Waals surface area contributed by atoms with Crippen molar-refractivity contribution in [3.05, 3.63) is 64.6 Å². The Balaban J connectivity index is 1.64. The molecule has 2 heterocycles. The van der Waals surface area contributed by atoms with Crippen LogP contribution >= 0.6 is 0 Å². The molecule has 1 aromatic heterocycles. The average Bonchev–Trinajstić information content (AvgIpc) is 2.83. The van der Waals surface area contributed by atoms with Crippen LogP contribution in [-0.4, -0.2) is 53.0 Å². The summed E-state index contributed by atoms with van der Waals surface area (Å²) in [5.74, 6) is -1.47. The van der Waals surface area contributed by atoms with E-state index in [-0.39, 0.29) is 18.0 Å². The first-order chi connectivity index (χ1) is 15.8. The number of aliphatic carboxylic acids is 1. The summed E-state index contributed by atoms with van der Waals surface area (Å²) in [4.78, 5) is 43.5. The van der Waals surface area contributed by atoms with Crippen LogP contribution in [0, 0.1) is 12.8 Å². The highest BCUT2D eigenvalue weighted by atomic mass is 16.4. The third-order valence-corrected chi connectivity index (χ3v) is 6.75. The van der Waals surface area contributed by atoms with E-state index in [1.807, 2.05) is 68.3 Å². The maximum Gasteiger partial charge on any atom is 0.308 e. The number of aromatic amines is 1. The van der Waals surface area contributed by atoms with Crippen LogP contribution in [0.3, 0.4) is 0 Å². The number of fused-ring (bicyclic) bond motifs is 1. The molecule has 1 amide bonds. The molecule has 0 radical (unpaired) electrons. The number of amides is 1. The van der Waals surface area contributed by atoms with Crippen molar-refractivity contribution in [1.82, 2.24) is 9.88 Å². The zero-order valence-electron chi connectivity index (χ0n) is 19.2. The summed E-state index contributed by atoms with van der Waals surface area (Å²) in [7, 11) is 1.82. The standard InChI is InChI=1S/C26H29N3O4/c1-16-7-4-5-9-20(16)23-14-27-24(30)22-13-19(10-11-21(22)23)28(3)17(2)25(31)29-12-6-8-18(15-29)26(32)33/h4-5,7,9-11,13-14,17-18H,6,8,12,15H2,1-3H3,(H,27,30)(H,32,33)/t17-,18-/m0/s1. The van der Waals surface area contributed by atoms with Gasteiger partial charge in [0.15, 0.2) is 0 Å². The summed E-state index contributed by atoms with van der Waals surface area (Å²) < 4.78 is 0. The van der Waals surface area contributed by atoms with E-state index in [4.69, 9.17) is 0 Å². The van der Waals surface area contributed by atoms with Gasteiger partial charge in [-0.25, -0.2) is 0 Å². The van der Waals surface area contributed by atoms with Gasteiger partial charge in [0.2, 0.25) is 5.91 Å². The maximum atomic E-state index is 13.1. The smallest absolute Gasteiger partial charge is 0.308 e. The molecule has 4 rings (SSSR count). The molecule has 1 fully saturated rings. The van der Waals surface area contributed by atoms with E-state index >= 15 is 0 Å². The van der Waals surface area contributed by atoms with Gasteiger partial charge in [-0.2, -0.15) is 0 Å². The highest BCUT2D eigenvalue weighted by Crippen LogP contribution is 2.31. The van der Waals surface area contributed by atoms with Crippen LogP contribution in [-0.2, 0) is 9.59 Å². The average molecular weight is 448 g/mol. The van der Waals surface area contributed by atoms with E-state index in [2.05, 4.69) is 4.98 Å². The minimum atomic E-state index is -0.855. The SMILES string of the molecule is Cc1ccccc1-c1c[nH]c(=O)c2cc(N(C)[C@@H](C)C(=O)N3CCC[C@H](C(=O)O)C3)ccc12. The fourth-order valence-electron chi connectivity index (χ4n) is 4.60. The van der Waals surface area contributed by atoms with Gasteiger partial charge in [-0.05, 0) is 55.3 Å². The Kier molecular flexibility index (Phi) is 6.22. The molecule has 2 aromatic carbocycles. The number of benzene rings is 2. The molecule has 3 aromatic rings. The van der Waals surface area contributed by atoms with Crippen molar-refractivity contribution in [2.75, 3.05) is 25.0 Å². The molecule has 1 saturated heterocycles. The Bertz CT molecular complexity index is 1270. The normalized spacial score (nSPS) is 17.1. The number of anilines is 1. The Labute approximate surface area is 192 Å². The first-order valence-electron chi connectivity index (χ1n) is 11.2. The van der Waals surface area contributed by atoms with Crippen molar-refractivity contribution in [3.63, 3.8) is 0 Å². The summed E-state index contributed by atoms with van der Waals surface area (Å²) in [6.45, 7) is 4.66. The molecule has 7 nitrogen and oxygen atoms in total. The molecule has 172 valence electrons. The molecule has 0 unspecified atom stereocenters. The van der Waals surface area contributed by atoms with Crippen LogP contribution in [0.5, 0.6) is 0 Å². The van der Waals surface area contributed by atoms with Crippen LogP contribution in [0.15, 0.2) is 53.5 Å². The minimum Gasteiger partial charge on any atom is -0.481 e. The number of carbonyl (C=O) groups is 2. The van der Waals surface area contributed by atoms with Gasteiger partial charge in [0.05, 0.1) is 5.92 Å². The van der Waals surface area contributed by atoms with Crippen LogP contribution in [0.25, 0.3) is 21.9 Å².